The van der Waals surface area contributed by atoms with Crippen molar-refractivity contribution in [3.05, 3.63) is 36.4 Å². The first-order chi connectivity index (χ1) is 7.47. The van der Waals surface area contributed by atoms with E-state index < -0.39 is 10.2 Å². The maximum absolute atomic E-state index is 10.9. The molecular formula is C10H10N2O3S. The summed E-state index contributed by atoms with van der Waals surface area (Å²) in [5.41, 5.74) is 0.343. The number of fused-ring (bicyclic) bond motifs is 1. The van der Waals surface area contributed by atoms with Gasteiger partial charge < -0.3 is 5.11 Å². The topological polar surface area (TPSA) is 92.4 Å². The summed E-state index contributed by atoms with van der Waals surface area (Å²) >= 11 is 0. The van der Waals surface area contributed by atoms with Gasteiger partial charge in [0.2, 0.25) is 0 Å². The van der Waals surface area contributed by atoms with E-state index in [1.54, 1.807) is 30.3 Å². The molecule has 0 saturated carbocycles. The fourth-order valence-electron chi connectivity index (χ4n) is 1.54. The normalized spacial score (nSPS) is 11.6. The van der Waals surface area contributed by atoms with E-state index in [4.69, 9.17) is 5.14 Å². The van der Waals surface area contributed by atoms with E-state index in [0.717, 1.165) is 0 Å². The van der Waals surface area contributed by atoms with Gasteiger partial charge in [-0.25, -0.2) is 5.14 Å². The number of aromatic hydroxyl groups is 1. The molecule has 0 heterocycles. The molecule has 0 amide bonds. The number of nitrogens with two attached hydrogens (primary N) is 1. The summed E-state index contributed by atoms with van der Waals surface area (Å²) in [6, 6.07) is 9.76. The van der Waals surface area contributed by atoms with E-state index in [9.17, 15) is 13.5 Å². The minimum atomic E-state index is -3.81. The van der Waals surface area contributed by atoms with Gasteiger partial charge in [-0.2, -0.15) is 8.42 Å². The molecule has 2 aromatic rings. The molecule has 2 aromatic carbocycles. The Bertz CT molecular complexity index is 638. The van der Waals surface area contributed by atoms with Gasteiger partial charge in [0, 0.05) is 10.8 Å². The number of benzene rings is 2. The Morgan fingerprint density at radius 2 is 1.69 bits per heavy atom. The number of rotatable bonds is 2. The van der Waals surface area contributed by atoms with Crippen molar-refractivity contribution >= 4 is 26.7 Å². The molecule has 0 spiro atoms. The molecule has 5 nitrogen and oxygen atoms in total. The summed E-state index contributed by atoms with van der Waals surface area (Å²) in [7, 11) is -3.81. The van der Waals surface area contributed by atoms with Gasteiger partial charge in [-0.1, -0.05) is 24.3 Å². The number of phenols is 1. The third-order valence-corrected chi connectivity index (χ3v) is 2.66. The van der Waals surface area contributed by atoms with E-state index in [1.165, 1.54) is 6.07 Å². The molecule has 0 aliphatic rings. The Kier molecular flexibility index (Phi) is 2.45. The maximum atomic E-state index is 10.9. The average Bonchev–Trinajstić information content (AvgIpc) is 2.17. The smallest absolute Gasteiger partial charge is 0.296 e. The summed E-state index contributed by atoms with van der Waals surface area (Å²) in [6.07, 6.45) is 0. The van der Waals surface area contributed by atoms with Crippen LogP contribution in [0.3, 0.4) is 0 Å². The molecule has 16 heavy (non-hydrogen) atoms. The van der Waals surface area contributed by atoms with Gasteiger partial charge in [-0.05, 0) is 12.1 Å². The molecule has 4 N–H and O–H groups in total. The molecule has 0 unspecified atom stereocenters. The van der Waals surface area contributed by atoms with Crippen LogP contribution in [0.1, 0.15) is 0 Å². The Morgan fingerprint density at radius 3 is 2.38 bits per heavy atom. The van der Waals surface area contributed by atoms with Crippen molar-refractivity contribution in [1.29, 1.82) is 0 Å². The molecule has 0 atom stereocenters. The molecule has 0 fully saturated rings. The zero-order valence-electron chi connectivity index (χ0n) is 8.21. The molecule has 0 aliphatic carbocycles. The van der Waals surface area contributed by atoms with E-state index in [1.807, 2.05) is 0 Å². The number of hydrogen-bond donors (Lipinski definition) is 3. The minimum absolute atomic E-state index is 0.0931. The predicted molar refractivity (Wildman–Crippen MR) is 62.3 cm³/mol. The molecule has 6 heteroatoms. The van der Waals surface area contributed by atoms with Crippen LogP contribution in [0.25, 0.3) is 10.8 Å². The predicted octanol–water partition coefficient (Wildman–Crippen LogP) is 1.16. The molecule has 0 radical (unpaired) electrons. The first kappa shape index (κ1) is 10.7. The largest absolute Gasteiger partial charge is 0.507 e. The van der Waals surface area contributed by atoms with Gasteiger partial charge in [-0.3, -0.25) is 4.72 Å². The molecule has 84 valence electrons. The van der Waals surface area contributed by atoms with Crippen LogP contribution < -0.4 is 9.86 Å². The van der Waals surface area contributed by atoms with E-state index in [-0.39, 0.29) is 5.75 Å². The van der Waals surface area contributed by atoms with Crippen LogP contribution in [-0.2, 0) is 10.2 Å². The van der Waals surface area contributed by atoms with Crippen molar-refractivity contribution in [3.63, 3.8) is 0 Å². The van der Waals surface area contributed by atoms with Crippen molar-refractivity contribution < 1.29 is 13.5 Å². The van der Waals surface area contributed by atoms with E-state index >= 15 is 0 Å². The van der Waals surface area contributed by atoms with Crippen LogP contribution in [0.5, 0.6) is 5.75 Å². The summed E-state index contributed by atoms with van der Waals surface area (Å²) in [5, 5.41) is 15.6. The summed E-state index contributed by atoms with van der Waals surface area (Å²) in [6.45, 7) is 0. The van der Waals surface area contributed by atoms with Crippen molar-refractivity contribution in [2.24, 2.45) is 5.14 Å². The first-order valence-electron chi connectivity index (χ1n) is 4.48. The summed E-state index contributed by atoms with van der Waals surface area (Å²) < 4.78 is 24.1. The second-order valence-electron chi connectivity index (χ2n) is 3.32. The Hall–Kier alpha value is -1.79. The quantitative estimate of drug-likeness (QED) is 0.733. The van der Waals surface area contributed by atoms with Crippen LogP contribution in [-0.4, -0.2) is 13.5 Å². The van der Waals surface area contributed by atoms with Gasteiger partial charge in [0.25, 0.3) is 10.2 Å². The monoisotopic (exact) mass is 238 g/mol. The van der Waals surface area contributed by atoms with Gasteiger partial charge in [0.1, 0.15) is 5.75 Å². The molecule has 0 aliphatic heterocycles. The van der Waals surface area contributed by atoms with E-state index in [0.29, 0.717) is 16.5 Å². The molecule has 0 aromatic heterocycles. The lowest BCUT2D eigenvalue weighted by Crippen LogP contribution is -2.21. The average molecular weight is 238 g/mol. The third-order valence-electron chi connectivity index (χ3n) is 2.15. The SMILES string of the molecule is NS(=O)(=O)Nc1cccc2c(O)cccc12. The second-order valence-corrected chi connectivity index (χ2v) is 4.62. The number of hydrogen-bond acceptors (Lipinski definition) is 3. The standard InChI is InChI=1S/C10H10N2O3S/c11-16(14,15)12-9-5-1-4-8-7(9)3-2-6-10(8)13/h1-6,12-13H,(H2,11,14,15). The molecule has 0 bridgehead atoms. The maximum Gasteiger partial charge on any atom is 0.296 e. The van der Waals surface area contributed by atoms with Crippen LogP contribution in [0.4, 0.5) is 5.69 Å². The highest BCUT2D eigenvalue weighted by Gasteiger charge is 2.07. The van der Waals surface area contributed by atoms with Crippen molar-refractivity contribution in [2.45, 2.75) is 0 Å². The molecule has 2 rings (SSSR count). The molecular weight excluding hydrogens is 228 g/mol. The lowest BCUT2D eigenvalue weighted by molar-refractivity contribution is 0.481. The molecule has 0 saturated heterocycles. The van der Waals surface area contributed by atoms with Gasteiger partial charge in [0.05, 0.1) is 5.69 Å². The van der Waals surface area contributed by atoms with E-state index in [2.05, 4.69) is 4.72 Å². The highest BCUT2D eigenvalue weighted by molar-refractivity contribution is 7.90. The Labute approximate surface area is 92.7 Å². The van der Waals surface area contributed by atoms with Crippen molar-refractivity contribution in [3.8, 4) is 5.75 Å². The van der Waals surface area contributed by atoms with Crippen LogP contribution in [0.15, 0.2) is 36.4 Å². The van der Waals surface area contributed by atoms with Crippen LogP contribution in [0.2, 0.25) is 0 Å². The minimum Gasteiger partial charge on any atom is -0.507 e. The fourth-order valence-corrected chi connectivity index (χ4v) is 2.02. The van der Waals surface area contributed by atoms with Crippen molar-refractivity contribution in [1.82, 2.24) is 0 Å². The van der Waals surface area contributed by atoms with Gasteiger partial charge in [-0.15, -0.1) is 0 Å². The second kappa shape index (κ2) is 3.66. The third kappa shape index (κ3) is 2.07. The highest BCUT2D eigenvalue weighted by Crippen LogP contribution is 2.29. The van der Waals surface area contributed by atoms with Gasteiger partial charge in [0.15, 0.2) is 0 Å². The lowest BCUT2D eigenvalue weighted by Gasteiger charge is -2.08. The Morgan fingerprint density at radius 1 is 1.06 bits per heavy atom. The highest BCUT2D eigenvalue weighted by atomic mass is 32.2. The lowest BCUT2D eigenvalue weighted by atomic mass is 10.1. The Balaban J connectivity index is 2.67. The zero-order chi connectivity index (χ0) is 11.8. The van der Waals surface area contributed by atoms with Crippen molar-refractivity contribution in [2.75, 3.05) is 4.72 Å². The summed E-state index contributed by atoms with van der Waals surface area (Å²) in [4.78, 5) is 0. The summed E-state index contributed by atoms with van der Waals surface area (Å²) in [5.74, 6) is 0.0931. The number of anilines is 1. The zero-order valence-corrected chi connectivity index (χ0v) is 9.03. The van der Waals surface area contributed by atoms with Gasteiger partial charge >= 0.3 is 0 Å². The number of phenolic OH excluding ortho intramolecular Hbond substituents is 1. The van der Waals surface area contributed by atoms with Crippen LogP contribution >= 0.6 is 0 Å². The van der Waals surface area contributed by atoms with Crippen LogP contribution in [0, 0.1) is 0 Å². The first-order valence-corrected chi connectivity index (χ1v) is 6.03. The fraction of sp³-hybridized carbons (Fsp3) is 0. The number of nitrogens with one attached hydrogen (secondary N) is 1.